The van der Waals surface area contributed by atoms with Crippen LogP contribution in [-0.2, 0) is 0 Å². The number of aliphatic hydroxyl groups is 1. The SMILES string of the molecule is OC(CNc1c(Br)cc(Br)cc1Br)c1c(F)cccc1F. The molecule has 112 valence electrons. The third kappa shape index (κ3) is 4.03. The zero-order valence-electron chi connectivity index (χ0n) is 10.5. The van der Waals surface area contributed by atoms with Gasteiger partial charge in [0.25, 0.3) is 0 Å². The molecule has 0 aliphatic heterocycles. The zero-order valence-corrected chi connectivity index (χ0v) is 15.3. The molecule has 0 radical (unpaired) electrons. The fraction of sp³-hybridized carbons (Fsp3) is 0.143. The molecule has 1 atom stereocenters. The van der Waals surface area contributed by atoms with Gasteiger partial charge in [-0.05, 0) is 56.1 Å². The van der Waals surface area contributed by atoms with Gasteiger partial charge in [-0.25, -0.2) is 8.78 Å². The lowest BCUT2D eigenvalue weighted by atomic mass is 10.1. The van der Waals surface area contributed by atoms with Crippen LogP contribution in [0.25, 0.3) is 0 Å². The first-order valence-corrected chi connectivity index (χ1v) is 8.28. The molecule has 7 heteroatoms. The predicted octanol–water partition coefficient (Wildman–Crippen LogP) is 5.40. The molecule has 2 nitrogen and oxygen atoms in total. The molecule has 0 heterocycles. The van der Waals surface area contributed by atoms with Crippen molar-refractivity contribution in [3.05, 3.63) is 60.9 Å². The highest BCUT2D eigenvalue weighted by atomic mass is 79.9. The summed E-state index contributed by atoms with van der Waals surface area (Å²) in [5.74, 6) is -1.53. The second-order valence-electron chi connectivity index (χ2n) is 4.28. The maximum Gasteiger partial charge on any atom is 0.132 e. The van der Waals surface area contributed by atoms with Crippen LogP contribution < -0.4 is 5.32 Å². The molecule has 0 aliphatic carbocycles. The average Bonchev–Trinajstić information content (AvgIpc) is 2.37. The first-order valence-electron chi connectivity index (χ1n) is 5.90. The number of benzene rings is 2. The molecule has 0 aliphatic rings. The molecule has 0 bridgehead atoms. The second kappa shape index (κ2) is 7.17. The number of rotatable bonds is 4. The molecule has 0 saturated heterocycles. The van der Waals surface area contributed by atoms with Crippen molar-refractivity contribution < 1.29 is 13.9 Å². The molecule has 1 unspecified atom stereocenters. The molecule has 0 amide bonds. The van der Waals surface area contributed by atoms with E-state index in [1.165, 1.54) is 6.07 Å². The van der Waals surface area contributed by atoms with E-state index in [9.17, 15) is 13.9 Å². The number of hydrogen-bond acceptors (Lipinski definition) is 2. The van der Waals surface area contributed by atoms with Crippen molar-refractivity contribution in [1.82, 2.24) is 0 Å². The van der Waals surface area contributed by atoms with E-state index in [0.29, 0.717) is 5.69 Å². The Kier molecular flexibility index (Phi) is 5.76. The number of aliphatic hydroxyl groups excluding tert-OH is 1. The van der Waals surface area contributed by atoms with Gasteiger partial charge < -0.3 is 10.4 Å². The standard InChI is InChI=1S/C14H10Br3F2NO/c15-7-4-8(16)14(9(17)5-7)20-6-12(21)13-10(18)2-1-3-11(13)19/h1-5,12,20-21H,6H2. The van der Waals surface area contributed by atoms with Crippen LogP contribution in [0.15, 0.2) is 43.7 Å². The number of hydrogen-bond donors (Lipinski definition) is 2. The van der Waals surface area contributed by atoms with Crippen molar-refractivity contribution in [3.8, 4) is 0 Å². The molecule has 2 aromatic rings. The normalized spacial score (nSPS) is 12.3. The van der Waals surface area contributed by atoms with E-state index >= 15 is 0 Å². The fourth-order valence-electron chi connectivity index (χ4n) is 1.84. The summed E-state index contributed by atoms with van der Waals surface area (Å²) in [5, 5.41) is 13.0. The Balaban J connectivity index is 2.17. The minimum atomic E-state index is -1.30. The van der Waals surface area contributed by atoms with Crippen LogP contribution in [0.5, 0.6) is 0 Å². The van der Waals surface area contributed by atoms with Gasteiger partial charge in [-0.2, -0.15) is 0 Å². The predicted molar refractivity (Wildman–Crippen MR) is 89.3 cm³/mol. The molecule has 2 N–H and O–H groups in total. The van der Waals surface area contributed by atoms with Crippen LogP contribution in [0.2, 0.25) is 0 Å². The van der Waals surface area contributed by atoms with Crippen molar-refractivity contribution in [1.29, 1.82) is 0 Å². The van der Waals surface area contributed by atoms with Gasteiger partial charge in [0.2, 0.25) is 0 Å². The number of halogens is 5. The van der Waals surface area contributed by atoms with Gasteiger partial charge in [0.15, 0.2) is 0 Å². The molecule has 0 aromatic heterocycles. The van der Waals surface area contributed by atoms with Gasteiger partial charge in [-0.15, -0.1) is 0 Å². The Hall–Kier alpha value is -0.500. The van der Waals surface area contributed by atoms with Gasteiger partial charge in [0, 0.05) is 20.0 Å². The van der Waals surface area contributed by atoms with Crippen molar-refractivity contribution >= 4 is 53.5 Å². The first-order chi connectivity index (χ1) is 9.90. The van der Waals surface area contributed by atoms with Crippen molar-refractivity contribution in [2.75, 3.05) is 11.9 Å². The Labute approximate surface area is 145 Å². The molecule has 0 fully saturated rings. The summed E-state index contributed by atoms with van der Waals surface area (Å²) in [4.78, 5) is 0. The van der Waals surface area contributed by atoms with Crippen molar-refractivity contribution in [3.63, 3.8) is 0 Å². The first kappa shape index (κ1) is 16.9. The monoisotopic (exact) mass is 483 g/mol. The summed E-state index contributed by atoms with van der Waals surface area (Å²) < 4.78 is 29.5. The third-order valence-corrected chi connectivity index (χ3v) is 4.52. The molecule has 0 saturated carbocycles. The van der Waals surface area contributed by atoms with Crippen LogP contribution in [0.4, 0.5) is 14.5 Å². The van der Waals surface area contributed by atoms with Gasteiger partial charge >= 0.3 is 0 Å². The fourth-order valence-corrected chi connectivity index (χ4v) is 4.38. The molecule has 2 rings (SSSR count). The smallest absolute Gasteiger partial charge is 0.132 e. The van der Waals surface area contributed by atoms with E-state index in [0.717, 1.165) is 25.6 Å². The second-order valence-corrected chi connectivity index (χ2v) is 6.90. The van der Waals surface area contributed by atoms with Crippen LogP contribution in [0, 0.1) is 11.6 Å². The quantitative estimate of drug-likeness (QED) is 0.608. The summed E-state index contributed by atoms with van der Waals surface area (Å²) in [6.07, 6.45) is -1.30. The summed E-state index contributed by atoms with van der Waals surface area (Å²) >= 11 is 10.1. The van der Waals surface area contributed by atoms with Crippen LogP contribution in [0.3, 0.4) is 0 Å². The Bertz CT molecular complexity index is 623. The Morgan fingerprint density at radius 2 is 1.57 bits per heavy atom. The van der Waals surface area contributed by atoms with Crippen molar-refractivity contribution in [2.24, 2.45) is 0 Å². The number of nitrogens with one attached hydrogen (secondary N) is 1. The van der Waals surface area contributed by atoms with E-state index < -0.39 is 17.7 Å². The largest absolute Gasteiger partial charge is 0.386 e. The highest BCUT2D eigenvalue weighted by Gasteiger charge is 2.18. The van der Waals surface area contributed by atoms with Gasteiger partial charge in [-0.3, -0.25) is 0 Å². The van der Waals surface area contributed by atoms with E-state index in [4.69, 9.17) is 0 Å². The summed E-state index contributed by atoms with van der Waals surface area (Å²) in [6.45, 7) is -0.0311. The number of anilines is 1. The maximum absolute atomic E-state index is 13.6. The van der Waals surface area contributed by atoms with Gasteiger partial charge in [-0.1, -0.05) is 22.0 Å². The van der Waals surface area contributed by atoms with E-state index in [-0.39, 0.29) is 12.1 Å². The lowest BCUT2D eigenvalue weighted by Gasteiger charge is -2.16. The molecule has 2 aromatic carbocycles. The summed E-state index contributed by atoms with van der Waals surface area (Å²) in [7, 11) is 0. The minimum Gasteiger partial charge on any atom is -0.386 e. The van der Waals surface area contributed by atoms with Crippen LogP contribution in [-0.4, -0.2) is 11.7 Å². The Morgan fingerprint density at radius 1 is 1.05 bits per heavy atom. The molecule has 21 heavy (non-hydrogen) atoms. The maximum atomic E-state index is 13.6. The van der Waals surface area contributed by atoms with Crippen LogP contribution in [0.1, 0.15) is 11.7 Å². The lowest BCUT2D eigenvalue weighted by molar-refractivity contribution is 0.181. The average molecular weight is 486 g/mol. The highest BCUT2D eigenvalue weighted by molar-refractivity contribution is 9.11. The highest BCUT2D eigenvalue weighted by Crippen LogP contribution is 2.34. The van der Waals surface area contributed by atoms with E-state index in [1.807, 2.05) is 12.1 Å². The minimum absolute atomic E-state index is 0.0311. The third-order valence-electron chi connectivity index (χ3n) is 2.81. The summed E-state index contributed by atoms with van der Waals surface area (Å²) in [6, 6.07) is 7.14. The van der Waals surface area contributed by atoms with Crippen LogP contribution >= 0.6 is 47.8 Å². The molecular formula is C14H10Br3F2NO. The van der Waals surface area contributed by atoms with Gasteiger partial charge in [0.1, 0.15) is 17.7 Å². The summed E-state index contributed by atoms with van der Waals surface area (Å²) in [5.41, 5.74) is 0.350. The topological polar surface area (TPSA) is 32.3 Å². The molecule has 0 spiro atoms. The van der Waals surface area contributed by atoms with E-state index in [2.05, 4.69) is 53.1 Å². The molecular weight excluding hydrogens is 476 g/mol. The lowest BCUT2D eigenvalue weighted by Crippen LogP contribution is -2.15. The van der Waals surface area contributed by atoms with Gasteiger partial charge in [0.05, 0.1) is 11.3 Å². The zero-order chi connectivity index (χ0) is 15.6. The Morgan fingerprint density at radius 3 is 2.10 bits per heavy atom. The van der Waals surface area contributed by atoms with E-state index in [1.54, 1.807) is 0 Å². The van der Waals surface area contributed by atoms with Crippen molar-refractivity contribution in [2.45, 2.75) is 6.10 Å².